The van der Waals surface area contributed by atoms with Gasteiger partial charge < -0.3 is 5.32 Å². The summed E-state index contributed by atoms with van der Waals surface area (Å²) < 4.78 is 0. The second kappa shape index (κ2) is 7.77. The lowest BCUT2D eigenvalue weighted by molar-refractivity contribution is -0.122. The summed E-state index contributed by atoms with van der Waals surface area (Å²) in [5.74, 6) is 0.0520. The first kappa shape index (κ1) is 14.7. The van der Waals surface area contributed by atoms with E-state index < -0.39 is 0 Å². The van der Waals surface area contributed by atoms with Gasteiger partial charge in [0.15, 0.2) is 0 Å². The largest absolute Gasteiger partial charge is 0.350 e. The molecule has 2 heterocycles. The van der Waals surface area contributed by atoms with E-state index in [1.54, 1.807) is 17.5 Å². The van der Waals surface area contributed by atoms with Crippen LogP contribution < -0.4 is 5.32 Å². The Morgan fingerprint density at radius 1 is 1.35 bits per heavy atom. The Labute approximate surface area is 123 Å². The molecule has 0 saturated carbocycles. The molecule has 2 rings (SSSR count). The molecule has 0 aromatic carbocycles. The summed E-state index contributed by atoms with van der Waals surface area (Å²) in [5.41, 5.74) is 0.986. The average molecular weight is 289 g/mol. The molecule has 0 spiro atoms. The van der Waals surface area contributed by atoms with Crippen LogP contribution in [-0.2, 0) is 17.9 Å². The highest BCUT2D eigenvalue weighted by Gasteiger charge is 2.10. The van der Waals surface area contributed by atoms with Gasteiger partial charge in [-0.15, -0.1) is 11.3 Å². The van der Waals surface area contributed by atoms with Crippen molar-refractivity contribution in [2.24, 2.45) is 0 Å². The van der Waals surface area contributed by atoms with Crippen molar-refractivity contribution in [3.8, 4) is 0 Å². The SMILES string of the molecule is CCN(CC(=O)NCc1cccs1)Cc1ccccn1. The lowest BCUT2D eigenvalue weighted by atomic mass is 10.3. The van der Waals surface area contributed by atoms with Crippen molar-refractivity contribution in [1.82, 2.24) is 15.2 Å². The van der Waals surface area contributed by atoms with Crippen LogP contribution in [0.1, 0.15) is 17.5 Å². The summed E-state index contributed by atoms with van der Waals surface area (Å²) in [4.78, 5) is 19.5. The van der Waals surface area contributed by atoms with Gasteiger partial charge in [0.2, 0.25) is 5.91 Å². The molecule has 0 unspecified atom stereocenters. The average Bonchev–Trinajstić information content (AvgIpc) is 2.99. The van der Waals surface area contributed by atoms with Crippen molar-refractivity contribution in [2.45, 2.75) is 20.0 Å². The van der Waals surface area contributed by atoms with Crippen molar-refractivity contribution in [2.75, 3.05) is 13.1 Å². The van der Waals surface area contributed by atoms with Crippen LogP contribution in [0.5, 0.6) is 0 Å². The van der Waals surface area contributed by atoms with Gasteiger partial charge in [0.1, 0.15) is 0 Å². The number of hydrogen-bond donors (Lipinski definition) is 1. The van der Waals surface area contributed by atoms with Crippen LogP contribution >= 0.6 is 11.3 Å². The van der Waals surface area contributed by atoms with E-state index in [2.05, 4.69) is 22.1 Å². The topological polar surface area (TPSA) is 45.2 Å². The van der Waals surface area contributed by atoms with Crippen LogP contribution in [0.15, 0.2) is 41.9 Å². The van der Waals surface area contributed by atoms with Crippen LogP contribution in [0.4, 0.5) is 0 Å². The first-order chi connectivity index (χ1) is 9.78. The van der Waals surface area contributed by atoms with E-state index in [0.717, 1.165) is 12.2 Å². The molecule has 0 saturated heterocycles. The van der Waals surface area contributed by atoms with Crippen molar-refractivity contribution < 1.29 is 4.79 Å². The van der Waals surface area contributed by atoms with Gasteiger partial charge in [-0.25, -0.2) is 0 Å². The van der Waals surface area contributed by atoms with E-state index in [4.69, 9.17) is 0 Å². The molecule has 0 aliphatic carbocycles. The van der Waals surface area contributed by atoms with Gasteiger partial charge in [0, 0.05) is 17.6 Å². The predicted molar refractivity (Wildman–Crippen MR) is 81.4 cm³/mol. The van der Waals surface area contributed by atoms with Crippen molar-refractivity contribution in [3.05, 3.63) is 52.5 Å². The van der Waals surface area contributed by atoms with Gasteiger partial charge in [-0.1, -0.05) is 19.1 Å². The molecule has 1 amide bonds. The molecule has 0 atom stereocenters. The minimum atomic E-state index is 0.0520. The number of rotatable bonds is 7. The minimum Gasteiger partial charge on any atom is -0.350 e. The van der Waals surface area contributed by atoms with Gasteiger partial charge in [-0.3, -0.25) is 14.7 Å². The second-order valence-corrected chi connectivity index (χ2v) is 5.51. The van der Waals surface area contributed by atoms with Crippen molar-refractivity contribution in [1.29, 1.82) is 0 Å². The molecule has 1 N–H and O–H groups in total. The third kappa shape index (κ3) is 4.75. The number of carbonyl (C=O) groups excluding carboxylic acids is 1. The summed E-state index contributed by atoms with van der Waals surface area (Å²) in [6.07, 6.45) is 1.78. The lowest BCUT2D eigenvalue weighted by Crippen LogP contribution is -2.36. The number of thiophene rings is 1. The normalized spacial score (nSPS) is 10.7. The highest BCUT2D eigenvalue weighted by Crippen LogP contribution is 2.07. The Balaban J connectivity index is 1.79. The van der Waals surface area contributed by atoms with Gasteiger partial charge >= 0.3 is 0 Å². The van der Waals surface area contributed by atoms with Gasteiger partial charge in [0.25, 0.3) is 0 Å². The van der Waals surface area contributed by atoms with Crippen LogP contribution in [-0.4, -0.2) is 28.9 Å². The quantitative estimate of drug-likeness (QED) is 0.850. The van der Waals surface area contributed by atoms with E-state index in [1.807, 2.05) is 35.7 Å². The third-order valence-electron chi connectivity index (χ3n) is 2.97. The number of amides is 1. The molecule has 20 heavy (non-hydrogen) atoms. The Kier molecular flexibility index (Phi) is 5.70. The third-order valence-corrected chi connectivity index (χ3v) is 3.84. The molecular weight excluding hydrogens is 270 g/mol. The maximum absolute atomic E-state index is 11.9. The van der Waals surface area contributed by atoms with E-state index in [1.165, 1.54) is 4.88 Å². The Morgan fingerprint density at radius 2 is 2.25 bits per heavy atom. The predicted octanol–water partition coefficient (Wildman–Crippen LogP) is 2.28. The fourth-order valence-electron chi connectivity index (χ4n) is 1.86. The molecular formula is C15H19N3OS. The standard InChI is InChI=1S/C15H19N3OS/c1-2-18(11-13-6-3-4-8-16-13)12-15(19)17-10-14-7-5-9-20-14/h3-9H,2,10-12H2,1H3,(H,17,19). The summed E-state index contributed by atoms with van der Waals surface area (Å²) in [7, 11) is 0. The van der Waals surface area contributed by atoms with E-state index in [0.29, 0.717) is 19.6 Å². The molecule has 0 aliphatic heterocycles. The fraction of sp³-hybridized carbons (Fsp3) is 0.333. The number of nitrogens with one attached hydrogen (secondary N) is 1. The summed E-state index contributed by atoms with van der Waals surface area (Å²) in [5, 5.41) is 4.96. The van der Waals surface area contributed by atoms with E-state index >= 15 is 0 Å². The molecule has 2 aromatic heterocycles. The second-order valence-electron chi connectivity index (χ2n) is 4.48. The zero-order valence-electron chi connectivity index (χ0n) is 11.6. The van der Waals surface area contributed by atoms with Crippen LogP contribution in [0.3, 0.4) is 0 Å². The number of pyridine rings is 1. The van der Waals surface area contributed by atoms with Gasteiger partial charge in [0.05, 0.1) is 18.8 Å². The fourth-order valence-corrected chi connectivity index (χ4v) is 2.50. The molecule has 0 bridgehead atoms. The lowest BCUT2D eigenvalue weighted by Gasteiger charge is -2.19. The number of aromatic nitrogens is 1. The van der Waals surface area contributed by atoms with E-state index in [9.17, 15) is 4.79 Å². The highest BCUT2D eigenvalue weighted by atomic mass is 32.1. The van der Waals surface area contributed by atoms with Gasteiger partial charge in [-0.05, 0) is 30.1 Å². The zero-order valence-corrected chi connectivity index (χ0v) is 12.4. The molecule has 0 aliphatic rings. The smallest absolute Gasteiger partial charge is 0.234 e. The summed E-state index contributed by atoms with van der Waals surface area (Å²) >= 11 is 1.65. The molecule has 4 nitrogen and oxygen atoms in total. The Morgan fingerprint density at radius 3 is 2.90 bits per heavy atom. The number of nitrogens with zero attached hydrogens (tertiary/aromatic N) is 2. The first-order valence-electron chi connectivity index (χ1n) is 6.69. The van der Waals surface area contributed by atoms with E-state index in [-0.39, 0.29) is 5.91 Å². The molecule has 0 radical (unpaired) electrons. The monoisotopic (exact) mass is 289 g/mol. The molecule has 106 valence electrons. The zero-order chi connectivity index (χ0) is 14.2. The maximum Gasteiger partial charge on any atom is 0.234 e. The highest BCUT2D eigenvalue weighted by molar-refractivity contribution is 7.09. The number of likely N-dealkylation sites (N-methyl/N-ethyl adjacent to an activating group) is 1. The van der Waals surface area contributed by atoms with Gasteiger partial charge in [-0.2, -0.15) is 0 Å². The number of hydrogen-bond acceptors (Lipinski definition) is 4. The molecule has 5 heteroatoms. The first-order valence-corrected chi connectivity index (χ1v) is 7.57. The minimum absolute atomic E-state index is 0.0520. The summed E-state index contributed by atoms with van der Waals surface area (Å²) in [6.45, 7) is 4.58. The summed E-state index contributed by atoms with van der Waals surface area (Å²) in [6, 6.07) is 9.86. The van der Waals surface area contributed by atoms with Crippen LogP contribution in [0.25, 0.3) is 0 Å². The molecule has 0 fully saturated rings. The van der Waals surface area contributed by atoms with Crippen molar-refractivity contribution >= 4 is 17.2 Å². The Bertz CT molecular complexity index is 513. The van der Waals surface area contributed by atoms with Crippen LogP contribution in [0.2, 0.25) is 0 Å². The van der Waals surface area contributed by atoms with Crippen molar-refractivity contribution in [3.63, 3.8) is 0 Å². The maximum atomic E-state index is 11.9. The van der Waals surface area contributed by atoms with Crippen LogP contribution in [0, 0.1) is 0 Å². The molecule has 2 aromatic rings. The number of carbonyl (C=O) groups is 1. The Hall–Kier alpha value is -1.72.